The lowest BCUT2D eigenvalue weighted by Gasteiger charge is -2.17. The van der Waals surface area contributed by atoms with E-state index in [2.05, 4.69) is 17.1 Å². The molecule has 1 N–H and O–H groups in total. The van der Waals surface area contributed by atoms with Crippen molar-refractivity contribution in [3.05, 3.63) is 0 Å². The number of rotatable bonds is 7. The van der Waals surface area contributed by atoms with Gasteiger partial charge in [0.15, 0.2) is 0 Å². The first-order valence-corrected chi connectivity index (χ1v) is 7.67. The van der Waals surface area contributed by atoms with Crippen LogP contribution in [0.3, 0.4) is 0 Å². The van der Waals surface area contributed by atoms with Crippen LogP contribution < -0.4 is 5.32 Å². The summed E-state index contributed by atoms with van der Waals surface area (Å²) < 4.78 is 10.9. The van der Waals surface area contributed by atoms with Gasteiger partial charge in [-0.3, -0.25) is 4.21 Å². The van der Waals surface area contributed by atoms with Crippen molar-refractivity contribution in [1.82, 2.24) is 10.2 Å². The molecule has 0 saturated carbocycles. The normalized spacial score (nSPS) is 21.7. The molecule has 0 spiro atoms. The Bertz CT molecular complexity index is 193. The minimum Gasteiger partial charge on any atom is -0.313 e. The Labute approximate surface area is 96.1 Å². The van der Waals surface area contributed by atoms with Gasteiger partial charge in [0.05, 0.1) is 0 Å². The summed E-state index contributed by atoms with van der Waals surface area (Å²) in [6.07, 6.45) is 5.52. The molecule has 1 aliphatic heterocycles. The van der Waals surface area contributed by atoms with Crippen LogP contribution in [-0.4, -0.2) is 53.3 Å². The third kappa shape index (κ3) is 6.28. The van der Waals surface area contributed by atoms with Crippen molar-refractivity contribution in [3.8, 4) is 0 Å². The number of nitrogens with one attached hydrogen (secondary N) is 1. The Kier molecular flexibility index (Phi) is 6.45. The second-order valence-electron chi connectivity index (χ2n) is 4.47. The highest BCUT2D eigenvalue weighted by atomic mass is 32.2. The average molecular weight is 232 g/mol. The lowest BCUT2D eigenvalue weighted by Crippen LogP contribution is -2.35. The fourth-order valence-electron chi connectivity index (χ4n) is 1.92. The quantitative estimate of drug-likeness (QED) is 0.705. The molecule has 0 aromatic heterocycles. The monoisotopic (exact) mass is 232 g/mol. The van der Waals surface area contributed by atoms with Crippen molar-refractivity contribution in [2.45, 2.75) is 32.2 Å². The van der Waals surface area contributed by atoms with Crippen LogP contribution >= 0.6 is 0 Å². The Hall–Kier alpha value is 0.0700. The fraction of sp³-hybridized carbons (Fsp3) is 1.00. The maximum absolute atomic E-state index is 10.9. The van der Waals surface area contributed by atoms with Crippen molar-refractivity contribution in [1.29, 1.82) is 0 Å². The summed E-state index contributed by atoms with van der Waals surface area (Å²) in [6.45, 7) is 6.96. The molecule has 1 heterocycles. The average Bonchev–Trinajstić information content (AvgIpc) is 2.67. The van der Waals surface area contributed by atoms with Crippen LogP contribution in [0.1, 0.15) is 26.2 Å². The molecule has 1 saturated heterocycles. The first kappa shape index (κ1) is 13.1. The number of hydrogen-bond acceptors (Lipinski definition) is 3. The number of likely N-dealkylation sites (tertiary alicyclic amines) is 1. The molecule has 4 heteroatoms. The molecule has 90 valence electrons. The van der Waals surface area contributed by atoms with Crippen LogP contribution in [0.5, 0.6) is 0 Å². The first-order valence-electron chi connectivity index (χ1n) is 5.94. The summed E-state index contributed by atoms with van der Waals surface area (Å²) in [5.41, 5.74) is 0. The summed E-state index contributed by atoms with van der Waals surface area (Å²) in [6, 6.07) is 0.497. The van der Waals surface area contributed by atoms with Crippen molar-refractivity contribution < 1.29 is 4.21 Å². The van der Waals surface area contributed by atoms with Gasteiger partial charge in [-0.15, -0.1) is 0 Å². The van der Waals surface area contributed by atoms with E-state index < -0.39 is 10.8 Å². The van der Waals surface area contributed by atoms with Gasteiger partial charge in [0.1, 0.15) is 0 Å². The van der Waals surface area contributed by atoms with Crippen LogP contribution in [0, 0.1) is 0 Å². The van der Waals surface area contributed by atoms with Crippen LogP contribution in [0.15, 0.2) is 0 Å². The van der Waals surface area contributed by atoms with Crippen molar-refractivity contribution in [2.24, 2.45) is 0 Å². The van der Waals surface area contributed by atoms with E-state index in [1.54, 1.807) is 6.26 Å². The van der Waals surface area contributed by atoms with Crippen LogP contribution in [0.2, 0.25) is 0 Å². The van der Waals surface area contributed by atoms with Gasteiger partial charge in [-0.1, -0.05) is 0 Å². The zero-order chi connectivity index (χ0) is 11.1. The van der Waals surface area contributed by atoms with Crippen molar-refractivity contribution >= 4 is 10.8 Å². The van der Waals surface area contributed by atoms with E-state index in [0.29, 0.717) is 6.04 Å². The highest BCUT2D eigenvalue weighted by Crippen LogP contribution is 2.05. The molecule has 0 radical (unpaired) electrons. The summed E-state index contributed by atoms with van der Waals surface area (Å²) in [5.74, 6) is 0.817. The predicted octanol–water partition coefficient (Wildman–Crippen LogP) is 0.829. The van der Waals surface area contributed by atoms with E-state index in [9.17, 15) is 4.21 Å². The summed E-state index contributed by atoms with van der Waals surface area (Å²) in [5, 5.41) is 3.49. The van der Waals surface area contributed by atoms with Gasteiger partial charge in [-0.25, -0.2) is 0 Å². The minimum absolute atomic E-state index is 0.497. The van der Waals surface area contributed by atoms with Gasteiger partial charge in [-0.05, 0) is 39.3 Å². The van der Waals surface area contributed by atoms with E-state index in [1.807, 2.05) is 0 Å². The maximum atomic E-state index is 10.9. The molecule has 1 fully saturated rings. The van der Waals surface area contributed by atoms with Crippen molar-refractivity contribution in [2.75, 3.05) is 38.2 Å². The van der Waals surface area contributed by atoms with E-state index in [-0.39, 0.29) is 0 Å². The fourth-order valence-corrected chi connectivity index (χ4v) is 2.61. The van der Waals surface area contributed by atoms with Gasteiger partial charge in [0.25, 0.3) is 0 Å². The van der Waals surface area contributed by atoms with Crippen LogP contribution in [0.25, 0.3) is 0 Å². The highest BCUT2D eigenvalue weighted by Gasteiger charge is 2.10. The van der Waals surface area contributed by atoms with E-state index >= 15 is 0 Å². The second kappa shape index (κ2) is 7.36. The molecule has 1 aliphatic rings. The molecule has 0 aromatic rings. The van der Waals surface area contributed by atoms with Gasteiger partial charge >= 0.3 is 0 Å². The third-order valence-electron chi connectivity index (χ3n) is 2.96. The van der Waals surface area contributed by atoms with Gasteiger partial charge in [0, 0.05) is 41.9 Å². The zero-order valence-corrected chi connectivity index (χ0v) is 10.8. The first-order chi connectivity index (χ1) is 7.18. The molecular formula is C11H24N2OS. The molecule has 0 bridgehead atoms. The summed E-state index contributed by atoms with van der Waals surface area (Å²) in [7, 11) is -0.644. The number of nitrogens with zero attached hydrogens (tertiary/aromatic N) is 1. The molecule has 3 nitrogen and oxygen atoms in total. The van der Waals surface area contributed by atoms with Gasteiger partial charge < -0.3 is 10.2 Å². The van der Waals surface area contributed by atoms with Crippen LogP contribution in [-0.2, 0) is 10.8 Å². The van der Waals surface area contributed by atoms with Gasteiger partial charge in [0.2, 0.25) is 0 Å². The topological polar surface area (TPSA) is 32.3 Å². The highest BCUT2D eigenvalue weighted by molar-refractivity contribution is 7.84. The molecular weight excluding hydrogens is 208 g/mol. The molecule has 0 aliphatic carbocycles. The Morgan fingerprint density at radius 3 is 2.67 bits per heavy atom. The smallest absolute Gasteiger partial charge is 0.0246 e. The number of hydrogen-bond donors (Lipinski definition) is 1. The Morgan fingerprint density at radius 1 is 1.40 bits per heavy atom. The summed E-state index contributed by atoms with van der Waals surface area (Å²) >= 11 is 0. The largest absolute Gasteiger partial charge is 0.313 e. The molecule has 15 heavy (non-hydrogen) atoms. The lowest BCUT2D eigenvalue weighted by molar-refractivity contribution is 0.328. The Balaban J connectivity index is 1.96. The maximum Gasteiger partial charge on any atom is 0.0246 e. The molecule has 0 amide bonds. The molecule has 2 unspecified atom stereocenters. The minimum atomic E-state index is -0.644. The second-order valence-corrected chi connectivity index (χ2v) is 6.02. The van der Waals surface area contributed by atoms with Gasteiger partial charge in [-0.2, -0.15) is 0 Å². The molecule has 0 aromatic carbocycles. The molecule has 1 rings (SSSR count). The lowest BCUT2D eigenvalue weighted by atomic mass is 10.2. The summed E-state index contributed by atoms with van der Waals surface area (Å²) in [4.78, 5) is 2.51. The van der Waals surface area contributed by atoms with E-state index in [0.717, 1.165) is 18.7 Å². The predicted molar refractivity (Wildman–Crippen MR) is 66.7 cm³/mol. The van der Waals surface area contributed by atoms with Crippen LogP contribution in [0.4, 0.5) is 0 Å². The molecule has 2 atom stereocenters. The SMILES string of the molecule is CC(CCS(C)=O)NCCN1CCCC1. The Morgan fingerprint density at radius 2 is 2.07 bits per heavy atom. The standard InChI is InChI=1S/C11H24N2OS/c1-11(5-10-15(2)14)12-6-9-13-7-3-4-8-13/h11-12H,3-10H2,1-2H3. The van der Waals surface area contributed by atoms with E-state index in [1.165, 1.54) is 32.5 Å². The van der Waals surface area contributed by atoms with Crippen molar-refractivity contribution in [3.63, 3.8) is 0 Å². The third-order valence-corrected chi connectivity index (χ3v) is 3.77. The zero-order valence-electron chi connectivity index (χ0n) is 10.00. The van der Waals surface area contributed by atoms with E-state index in [4.69, 9.17) is 0 Å².